The molecule has 0 saturated heterocycles. The summed E-state index contributed by atoms with van der Waals surface area (Å²) in [7, 11) is 0. The van der Waals surface area contributed by atoms with Gasteiger partial charge in [-0.1, -0.05) is 36.4 Å². The van der Waals surface area contributed by atoms with E-state index in [0.717, 1.165) is 10.6 Å². The molecule has 0 fully saturated rings. The first-order valence-electron chi connectivity index (χ1n) is 6.77. The molecule has 110 valence electrons. The second-order valence-electron chi connectivity index (χ2n) is 4.48. The van der Waals surface area contributed by atoms with Crippen LogP contribution in [0.25, 0.3) is 0 Å². The summed E-state index contributed by atoms with van der Waals surface area (Å²) < 4.78 is 10.9. The maximum Gasteiger partial charge on any atom is 0.302 e. The number of hydrogen-bond donors (Lipinski definition) is 0. The van der Waals surface area contributed by atoms with Crippen LogP contribution in [-0.2, 0) is 9.53 Å². The number of esters is 1. The van der Waals surface area contributed by atoms with Crippen LogP contribution in [0, 0.1) is 0 Å². The molecular formula is C17H18O3S. The van der Waals surface area contributed by atoms with E-state index in [2.05, 4.69) is 0 Å². The number of hydrogen-bond acceptors (Lipinski definition) is 4. The van der Waals surface area contributed by atoms with Crippen LogP contribution in [0.4, 0.5) is 0 Å². The molecule has 1 atom stereocenters. The summed E-state index contributed by atoms with van der Waals surface area (Å²) >= 11 is 1.65. The molecule has 0 N–H and O–H groups in total. The molecule has 0 radical (unpaired) electrons. The van der Waals surface area contributed by atoms with Gasteiger partial charge in [0.1, 0.15) is 19.0 Å². The highest BCUT2D eigenvalue weighted by molar-refractivity contribution is 8.00. The highest BCUT2D eigenvalue weighted by atomic mass is 32.2. The average Bonchev–Trinajstić information content (AvgIpc) is 2.52. The van der Waals surface area contributed by atoms with E-state index in [0.29, 0.717) is 13.2 Å². The number of thioether (sulfide) groups is 1. The predicted octanol–water partition coefficient (Wildman–Crippen LogP) is 3.79. The Kier molecular flexibility index (Phi) is 6.16. The van der Waals surface area contributed by atoms with E-state index in [1.807, 2.05) is 60.7 Å². The first kappa shape index (κ1) is 15.4. The molecular weight excluding hydrogens is 284 g/mol. The molecule has 0 heterocycles. The minimum absolute atomic E-state index is 0.0523. The predicted molar refractivity (Wildman–Crippen MR) is 84.7 cm³/mol. The van der Waals surface area contributed by atoms with E-state index in [9.17, 15) is 4.79 Å². The fraction of sp³-hybridized carbons (Fsp3) is 0.235. The maximum atomic E-state index is 11.0. The topological polar surface area (TPSA) is 35.5 Å². The zero-order valence-corrected chi connectivity index (χ0v) is 12.7. The van der Waals surface area contributed by atoms with E-state index < -0.39 is 0 Å². The maximum absolute atomic E-state index is 11.0. The van der Waals surface area contributed by atoms with Crippen molar-refractivity contribution in [2.24, 2.45) is 0 Å². The Balaban J connectivity index is 1.93. The molecule has 0 bridgehead atoms. The van der Waals surface area contributed by atoms with Crippen LogP contribution in [0.2, 0.25) is 0 Å². The standard InChI is InChI=1S/C17H18O3S/c1-14(18)19-12-17(21-16-10-6-3-7-11-16)13-20-15-8-4-2-5-9-15/h2-11,17H,12-13H2,1H3. The SMILES string of the molecule is CC(=O)OCC(COc1ccccc1)Sc1ccccc1. The minimum Gasteiger partial charge on any atom is -0.492 e. The second-order valence-corrected chi connectivity index (χ2v) is 5.85. The number of benzene rings is 2. The van der Waals surface area contributed by atoms with Crippen LogP contribution >= 0.6 is 11.8 Å². The van der Waals surface area contributed by atoms with Crippen LogP contribution in [0.3, 0.4) is 0 Å². The van der Waals surface area contributed by atoms with Gasteiger partial charge >= 0.3 is 5.97 Å². The van der Waals surface area contributed by atoms with Gasteiger partial charge in [-0.25, -0.2) is 0 Å². The van der Waals surface area contributed by atoms with Gasteiger partial charge in [-0.05, 0) is 24.3 Å². The second kappa shape index (κ2) is 8.37. The van der Waals surface area contributed by atoms with Gasteiger partial charge < -0.3 is 9.47 Å². The number of carbonyl (C=O) groups excluding carboxylic acids is 1. The van der Waals surface area contributed by atoms with Crippen LogP contribution in [0.15, 0.2) is 65.6 Å². The Labute approximate surface area is 129 Å². The Bertz CT molecular complexity index is 542. The Hall–Kier alpha value is -1.94. The van der Waals surface area contributed by atoms with E-state index >= 15 is 0 Å². The first-order chi connectivity index (χ1) is 10.2. The lowest BCUT2D eigenvalue weighted by molar-refractivity contribution is -0.141. The lowest BCUT2D eigenvalue weighted by atomic mass is 10.3. The summed E-state index contributed by atoms with van der Waals surface area (Å²) in [5.41, 5.74) is 0. The smallest absolute Gasteiger partial charge is 0.302 e. The molecule has 0 amide bonds. The molecule has 21 heavy (non-hydrogen) atoms. The fourth-order valence-electron chi connectivity index (χ4n) is 1.72. The van der Waals surface area contributed by atoms with Crippen LogP contribution < -0.4 is 4.74 Å². The summed E-state index contributed by atoms with van der Waals surface area (Å²) in [6.45, 7) is 2.24. The molecule has 3 nitrogen and oxygen atoms in total. The molecule has 2 rings (SSSR count). The van der Waals surface area contributed by atoms with E-state index in [1.54, 1.807) is 11.8 Å². The van der Waals surface area contributed by atoms with Crippen molar-refractivity contribution in [3.05, 3.63) is 60.7 Å². The van der Waals surface area contributed by atoms with Gasteiger partial charge in [0.15, 0.2) is 0 Å². The van der Waals surface area contributed by atoms with Crippen molar-refractivity contribution >= 4 is 17.7 Å². The van der Waals surface area contributed by atoms with Gasteiger partial charge in [-0.3, -0.25) is 4.79 Å². The lowest BCUT2D eigenvalue weighted by Crippen LogP contribution is -2.22. The Morgan fingerprint density at radius 1 is 1.00 bits per heavy atom. The number of carbonyl (C=O) groups is 1. The number of rotatable bonds is 7. The first-order valence-corrected chi connectivity index (χ1v) is 7.65. The molecule has 0 aliphatic heterocycles. The van der Waals surface area contributed by atoms with Gasteiger partial charge in [0.2, 0.25) is 0 Å². The molecule has 1 unspecified atom stereocenters. The minimum atomic E-state index is -0.270. The third-order valence-corrected chi connectivity index (χ3v) is 3.85. The normalized spacial score (nSPS) is 11.7. The molecule has 0 aromatic heterocycles. The average molecular weight is 302 g/mol. The van der Waals surface area contributed by atoms with E-state index in [4.69, 9.17) is 9.47 Å². The van der Waals surface area contributed by atoms with Gasteiger partial charge in [0.25, 0.3) is 0 Å². The van der Waals surface area contributed by atoms with Gasteiger partial charge in [0, 0.05) is 11.8 Å². The zero-order valence-electron chi connectivity index (χ0n) is 11.9. The van der Waals surface area contributed by atoms with Crippen molar-refractivity contribution in [1.29, 1.82) is 0 Å². The van der Waals surface area contributed by atoms with Crippen molar-refractivity contribution in [3.63, 3.8) is 0 Å². The summed E-state index contributed by atoms with van der Waals surface area (Å²) in [6, 6.07) is 19.7. The third kappa shape index (κ3) is 5.92. The van der Waals surface area contributed by atoms with Gasteiger partial charge in [0.05, 0.1) is 5.25 Å². The van der Waals surface area contributed by atoms with Crippen molar-refractivity contribution in [1.82, 2.24) is 0 Å². The van der Waals surface area contributed by atoms with Crippen LogP contribution in [-0.4, -0.2) is 24.4 Å². The molecule has 4 heteroatoms. The van der Waals surface area contributed by atoms with Crippen LogP contribution in [0.5, 0.6) is 5.75 Å². The van der Waals surface area contributed by atoms with Crippen LogP contribution in [0.1, 0.15) is 6.92 Å². The van der Waals surface area contributed by atoms with Gasteiger partial charge in [-0.15, -0.1) is 11.8 Å². The molecule has 0 saturated carbocycles. The quantitative estimate of drug-likeness (QED) is 0.576. The third-order valence-electron chi connectivity index (χ3n) is 2.70. The number of ether oxygens (including phenoxy) is 2. The number of para-hydroxylation sites is 1. The molecule has 2 aromatic rings. The van der Waals surface area contributed by atoms with E-state index in [1.165, 1.54) is 6.92 Å². The van der Waals surface area contributed by atoms with Gasteiger partial charge in [-0.2, -0.15) is 0 Å². The monoisotopic (exact) mass is 302 g/mol. The van der Waals surface area contributed by atoms with Crippen molar-refractivity contribution < 1.29 is 14.3 Å². The fourth-order valence-corrected chi connectivity index (χ4v) is 2.70. The molecule has 0 spiro atoms. The molecule has 2 aromatic carbocycles. The summed E-state index contributed by atoms with van der Waals surface area (Å²) in [5.74, 6) is 0.548. The molecule has 0 aliphatic carbocycles. The highest BCUT2D eigenvalue weighted by Gasteiger charge is 2.13. The Morgan fingerprint density at radius 2 is 1.62 bits per heavy atom. The Morgan fingerprint density at radius 3 is 2.24 bits per heavy atom. The van der Waals surface area contributed by atoms with Crippen molar-refractivity contribution in [3.8, 4) is 5.75 Å². The highest BCUT2D eigenvalue weighted by Crippen LogP contribution is 2.24. The largest absolute Gasteiger partial charge is 0.492 e. The summed E-state index contributed by atoms with van der Waals surface area (Å²) in [4.78, 5) is 12.1. The molecule has 0 aliphatic rings. The summed E-state index contributed by atoms with van der Waals surface area (Å²) in [5, 5.41) is 0.0523. The van der Waals surface area contributed by atoms with Crippen molar-refractivity contribution in [2.75, 3.05) is 13.2 Å². The summed E-state index contributed by atoms with van der Waals surface area (Å²) in [6.07, 6.45) is 0. The zero-order chi connectivity index (χ0) is 14.9. The lowest BCUT2D eigenvalue weighted by Gasteiger charge is -2.17. The van der Waals surface area contributed by atoms with E-state index in [-0.39, 0.29) is 11.2 Å². The van der Waals surface area contributed by atoms with Crippen molar-refractivity contribution in [2.45, 2.75) is 17.1 Å².